The molecule has 0 bridgehead atoms. The highest BCUT2D eigenvalue weighted by molar-refractivity contribution is 7.10. The van der Waals surface area contributed by atoms with E-state index in [4.69, 9.17) is 4.74 Å². The number of amides is 1. The minimum atomic E-state index is -0.594. The standard InChI is InChI=1S/C21H26N4O3S/c1-4-28-21(27)16-13-17(25(23-16)15-9-6-5-7-10-15)20(26)22-14-18(24(2)3)19-11-8-12-29-19/h5-12,17-18H,4,13-14H2,1-3H3,(H,22,26). The van der Waals surface area contributed by atoms with Gasteiger partial charge in [-0.05, 0) is 44.6 Å². The molecule has 1 aromatic heterocycles. The molecule has 1 aliphatic rings. The molecule has 1 N–H and O–H groups in total. The number of anilines is 1. The molecule has 2 unspecified atom stereocenters. The Morgan fingerprint density at radius 2 is 2.03 bits per heavy atom. The van der Waals surface area contributed by atoms with Crippen LogP contribution in [0.3, 0.4) is 0 Å². The van der Waals surface area contributed by atoms with E-state index < -0.39 is 12.0 Å². The molecular weight excluding hydrogens is 388 g/mol. The first kappa shape index (κ1) is 21.0. The van der Waals surface area contributed by atoms with Crippen molar-refractivity contribution in [2.75, 3.05) is 32.3 Å². The van der Waals surface area contributed by atoms with Gasteiger partial charge >= 0.3 is 5.97 Å². The van der Waals surface area contributed by atoms with E-state index in [0.29, 0.717) is 6.54 Å². The third kappa shape index (κ3) is 5.02. The molecule has 2 heterocycles. The molecule has 1 amide bonds. The van der Waals surface area contributed by atoms with Crippen LogP contribution in [0.1, 0.15) is 24.3 Å². The van der Waals surface area contributed by atoms with Gasteiger partial charge in [0, 0.05) is 17.8 Å². The summed E-state index contributed by atoms with van der Waals surface area (Å²) in [5.41, 5.74) is 1.02. The Kier molecular flexibility index (Phi) is 7.00. The zero-order valence-corrected chi connectivity index (χ0v) is 17.7. The maximum atomic E-state index is 13.1. The SMILES string of the molecule is CCOC(=O)C1=NN(c2ccccc2)C(C(=O)NCC(c2cccs2)N(C)C)C1. The van der Waals surface area contributed by atoms with E-state index in [9.17, 15) is 9.59 Å². The van der Waals surface area contributed by atoms with Crippen LogP contribution in [0.15, 0.2) is 52.9 Å². The molecule has 7 nitrogen and oxygen atoms in total. The number of esters is 1. The number of carbonyl (C=O) groups is 2. The van der Waals surface area contributed by atoms with Gasteiger partial charge in [-0.3, -0.25) is 9.80 Å². The molecule has 2 aromatic rings. The molecule has 0 spiro atoms. The highest BCUT2D eigenvalue weighted by Gasteiger charge is 2.37. The van der Waals surface area contributed by atoms with Crippen molar-refractivity contribution in [3.8, 4) is 0 Å². The molecule has 0 radical (unpaired) electrons. The van der Waals surface area contributed by atoms with Crippen molar-refractivity contribution < 1.29 is 14.3 Å². The van der Waals surface area contributed by atoms with Crippen molar-refractivity contribution in [2.45, 2.75) is 25.4 Å². The fourth-order valence-corrected chi connectivity index (χ4v) is 4.13. The lowest BCUT2D eigenvalue weighted by atomic mass is 10.1. The Bertz CT molecular complexity index is 852. The van der Waals surface area contributed by atoms with E-state index in [-0.39, 0.29) is 30.7 Å². The number of carbonyl (C=O) groups excluding carboxylic acids is 2. The Morgan fingerprint density at radius 1 is 1.28 bits per heavy atom. The Labute approximate surface area is 175 Å². The molecule has 8 heteroatoms. The summed E-state index contributed by atoms with van der Waals surface area (Å²) in [5, 5.41) is 11.1. The van der Waals surface area contributed by atoms with Crippen LogP contribution in [0.25, 0.3) is 0 Å². The summed E-state index contributed by atoms with van der Waals surface area (Å²) in [6, 6.07) is 12.9. The quantitative estimate of drug-likeness (QED) is 0.673. The number of nitrogens with one attached hydrogen (secondary N) is 1. The van der Waals surface area contributed by atoms with Gasteiger partial charge in [0.1, 0.15) is 11.8 Å². The van der Waals surface area contributed by atoms with Crippen molar-refractivity contribution in [1.82, 2.24) is 10.2 Å². The Balaban J connectivity index is 1.74. The lowest BCUT2D eigenvalue weighted by Gasteiger charge is -2.26. The first-order valence-corrected chi connectivity index (χ1v) is 10.5. The highest BCUT2D eigenvalue weighted by Crippen LogP contribution is 2.26. The number of para-hydroxylation sites is 1. The minimum absolute atomic E-state index is 0.0796. The van der Waals surface area contributed by atoms with Crippen molar-refractivity contribution >= 4 is 34.6 Å². The van der Waals surface area contributed by atoms with Crippen molar-refractivity contribution in [2.24, 2.45) is 5.10 Å². The first-order chi connectivity index (χ1) is 14.0. The molecule has 0 fully saturated rings. The molecule has 0 saturated heterocycles. The molecule has 1 aromatic carbocycles. The van der Waals surface area contributed by atoms with E-state index in [1.54, 1.807) is 23.3 Å². The smallest absolute Gasteiger partial charge is 0.354 e. The molecule has 3 rings (SSSR count). The summed E-state index contributed by atoms with van der Waals surface area (Å²) < 4.78 is 5.08. The van der Waals surface area contributed by atoms with Gasteiger partial charge < -0.3 is 15.0 Å². The third-order valence-electron chi connectivity index (χ3n) is 4.71. The number of hydrazone groups is 1. The molecule has 1 aliphatic heterocycles. The molecule has 154 valence electrons. The Morgan fingerprint density at radius 3 is 2.66 bits per heavy atom. The van der Waals surface area contributed by atoms with Gasteiger partial charge in [-0.15, -0.1) is 11.3 Å². The van der Waals surface area contributed by atoms with Gasteiger partial charge in [-0.25, -0.2) is 4.79 Å². The van der Waals surface area contributed by atoms with Gasteiger partial charge in [0.2, 0.25) is 5.91 Å². The van der Waals surface area contributed by atoms with Crippen molar-refractivity contribution in [1.29, 1.82) is 0 Å². The third-order valence-corrected chi connectivity index (χ3v) is 5.68. The van der Waals surface area contributed by atoms with Gasteiger partial charge in [0.05, 0.1) is 18.3 Å². The van der Waals surface area contributed by atoms with Crippen LogP contribution in [-0.4, -0.2) is 55.8 Å². The van der Waals surface area contributed by atoms with Crippen LogP contribution in [0.4, 0.5) is 5.69 Å². The number of thiophene rings is 1. The molecule has 0 aliphatic carbocycles. The normalized spacial score (nSPS) is 17.2. The second-order valence-electron chi connectivity index (χ2n) is 6.91. The summed E-state index contributed by atoms with van der Waals surface area (Å²) >= 11 is 1.66. The second-order valence-corrected chi connectivity index (χ2v) is 7.89. The molecule has 29 heavy (non-hydrogen) atoms. The number of hydrogen-bond acceptors (Lipinski definition) is 7. The predicted octanol–water partition coefficient (Wildman–Crippen LogP) is 2.67. The summed E-state index contributed by atoms with van der Waals surface area (Å²) in [7, 11) is 3.98. The molecular formula is C21H26N4O3S. The van der Waals surface area contributed by atoms with Gasteiger partial charge in [0.15, 0.2) is 0 Å². The number of nitrogens with zero attached hydrogens (tertiary/aromatic N) is 3. The molecule has 0 saturated carbocycles. The van der Waals surface area contributed by atoms with Crippen LogP contribution >= 0.6 is 11.3 Å². The summed E-state index contributed by atoms with van der Waals surface area (Å²) in [5.74, 6) is -0.645. The fraction of sp³-hybridized carbons (Fsp3) is 0.381. The van der Waals surface area contributed by atoms with Gasteiger partial charge in [-0.2, -0.15) is 5.10 Å². The van der Waals surface area contributed by atoms with Crippen molar-refractivity contribution in [3.05, 3.63) is 52.7 Å². The van der Waals surface area contributed by atoms with Gasteiger partial charge in [-0.1, -0.05) is 24.3 Å². The summed E-state index contributed by atoms with van der Waals surface area (Å²) in [4.78, 5) is 28.5. The van der Waals surface area contributed by atoms with E-state index in [2.05, 4.69) is 21.4 Å². The number of benzene rings is 1. The maximum Gasteiger partial charge on any atom is 0.354 e. The fourth-order valence-electron chi connectivity index (χ4n) is 3.20. The topological polar surface area (TPSA) is 74.2 Å². The van der Waals surface area contributed by atoms with E-state index in [1.807, 2.05) is 55.9 Å². The maximum absolute atomic E-state index is 13.1. The van der Waals surface area contributed by atoms with Crippen molar-refractivity contribution in [3.63, 3.8) is 0 Å². The number of hydrogen-bond donors (Lipinski definition) is 1. The minimum Gasteiger partial charge on any atom is -0.461 e. The van der Waals surface area contributed by atoms with Gasteiger partial charge in [0.25, 0.3) is 0 Å². The monoisotopic (exact) mass is 414 g/mol. The Hall–Kier alpha value is -2.71. The van der Waals surface area contributed by atoms with E-state index in [1.165, 1.54) is 4.88 Å². The number of rotatable bonds is 8. The molecule has 2 atom stereocenters. The predicted molar refractivity (Wildman–Crippen MR) is 115 cm³/mol. The zero-order valence-electron chi connectivity index (χ0n) is 16.9. The van der Waals surface area contributed by atoms with E-state index in [0.717, 1.165) is 5.69 Å². The lowest BCUT2D eigenvalue weighted by molar-refractivity contribution is -0.135. The average Bonchev–Trinajstić information content (AvgIpc) is 3.39. The number of likely N-dealkylation sites (N-methyl/N-ethyl adjacent to an activating group) is 1. The van der Waals surface area contributed by atoms with E-state index >= 15 is 0 Å². The number of ether oxygens (including phenoxy) is 1. The second kappa shape index (κ2) is 9.67. The average molecular weight is 415 g/mol. The first-order valence-electron chi connectivity index (χ1n) is 9.57. The largest absolute Gasteiger partial charge is 0.461 e. The lowest BCUT2D eigenvalue weighted by Crippen LogP contribution is -2.45. The van der Waals surface area contributed by atoms with Crippen LogP contribution < -0.4 is 10.3 Å². The van der Waals surface area contributed by atoms with Crippen LogP contribution in [-0.2, 0) is 14.3 Å². The van der Waals surface area contributed by atoms with Crippen LogP contribution in [0.2, 0.25) is 0 Å². The summed E-state index contributed by atoms with van der Waals surface area (Å²) in [6.45, 7) is 2.49. The zero-order chi connectivity index (χ0) is 20.8. The van der Waals surface area contributed by atoms with Crippen LogP contribution in [0, 0.1) is 0 Å². The summed E-state index contributed by atoms with van der Waals surface area (Å²) in [6.07, 6.45) is 0.213. The highest BCUT2D eigenvalue weighted by atomic mass is 32.1. The van der Waals surface area contributed by atoms with Crippen LogP contribution in [0.5, 0.6) is 0 Å².